The van der Waals surface area contributed by atoms with Crippen LogP contribution in [0.2, 0.25) is 0 Å². The summed E-state index contributed by atoms with van der Waals surface area (Å²) < 4.78 is 34.6. The summed E-state index contributed by atoms with van der Waals surface area (Å²) >= 11 is 1.57. The third kappa shape index (κ3) is 11.7. The van der Waals surface area contributed by atoms with Crippen molar-refractivity contribution in [3.8, 4) is 0 Å². The Morgan fingerprint density at radius 2 is 1.48 bits per heavy atom. The minimum atomic E-state index is -4.12. The molecule has 282 valence electrons. The van der Waals surface area contributed by atoms with E-state index in [9.17, 15) is 28.4 Å². The molecular formula is C42H45N3O7S2. The van der Waals surface area contributed by atoms with Gasteiger partial charge in [-0.05, 0) is 58.5 Å². The van der Waals surface area contributed by atoms with E-state index < -0.39 is 39.1 Å². The molecule has 54 heavy (non-hydrogen) atoms. The number of alkyl carbamates (subject to hydrolysis) is 1. The molecule has 0 unspecified atom stereocenters. The lowest BCUT2D eigenvalue weighted by atomic mass is 9.92. The van der Waals surface area contributed by atoms with Crippen LogP contribution < -0.4 is 5.32 Å². The number of amides is 1. The first-order chi connectivity index (χ1) is 26.0. The van der Waals surface area contributed by atoms with Crippen molar-refractivity contribution in [1.82, 2.24) is 9.62 Å². The molecule has 0 aliphatic heterocycles. The second kappa shape index (κ2) is 19.4. The van der Waals surface area contributed by atoms with Gasteiger partial charge in [0.1, 0.15) is 6.61 Å². The maximum absolute atomic E-state index is 13.9. The number of fused-ring (bicyclic) bond motifs is 1. The lowest BCUT2D eigenvalue weighted by Gasteiger charge is -2.29. The number of hydrogen-bond acceptors (Lipinski definition) is 8. The zero-order valence-electron chi connectivity index (χ0n) is 30.2. The predicted molar refractivity (Wildman–Crippen MR) is 214 cm³/mol. The van der Waals surface area contributed by atoms with E-state index in [1.807, 2.05) is 105 Å². The third-order valence-electron chi connectivity index (χ3n) is 8.71. The maximum atomic E-state index is 13.9. The number of rotatable bonds is 18. The summed E-state index contributed by atoms with van der Waals surface area (Å²) in [5, 5.41) is 28.2. The van der Waals surface area contributed by atoms with Crippen LogP contribution in [0.15, 0.2) is 149 Å². The van der Waals surface area contributed by atoms with Gasteiger partial charge in [-0.25, -0.2) is 13.2 Å². The van der Waals surface area contributed by atoms with Gasteiger partial charge in [-0.15, -0.1) is 11.8 Å². The largest absolute Gasteiger partial charge is 0.445 e. The standard InChI is InChI=1S/C42H45N3O7S2/c1-31(2)27-44(54(50,51)40-23-20-38(21-24-40)45(48)49)28-41(46)36(25-32-11-5-3-6-12-32)17-19-37(43-42(47)52-29-33-13-7-4-8-14-33)30-53-39-22-18-34-15-9-10-16-35(34)26-39/h3-24,26,31,36-37,41,46H,25,27-30H2,1-2H3,(H,43,47)/b19-17+/t36-,37-,41-/m0/s1. The van der Waals surface area contributed by atoms with E-state index in [0.29, 0.717) is 12.2 Å². The molecule has 0 bridgehead atoms. The molecule has 5 rings (SSSR count). The first-order valence-electron chi connectivity index (χ1n) is 17.7. The highest BCUT2D eigenvalue weighted by Gasteiger charge is 2.30. The van der Waals surface area contributed by atoms with Gasteiger partial charge in [0, 0.05) is 41.8 Å². The molecule has 10 nitrogen and oxygen atoms in total. The Bertz CT molecular complexity index is 2110. The number of carbonyl (C=O) groups excluding carboxylic acids is 1. The molecule has 0 saturated heterocycles. The topological polar surface area (TPSA) is 139 Å². The number of aliphatic hydroxyl groups is 1. The highest BCUT2D eigenvalue weighted by atomic mass is 32.2. The Morgan fingerprint density at radius 1 is 0.852 bits per heavy atom. The number of thioether (sulfide) groups is 1. The highest BCUT2D eigenvalue weighted by molar-refractivity contribution is 7.99. The Hall–Kier alpha value is -5.01. The Morgan fingerprint density at radius 3 is 2.13 bits per heavy atom. The summed E-state index contributed by atoms with van der Waals surface area (Å²) in [4.78, 5) is 24.6. The number of nitro benzene ring substituents is 1. The van der Waals surface area contributed by atoms with Crippen LogP contribution in [0.25, 0.3) is 10.8 Å². The number of non-ortho nitro benzene ring substituents is 1. The third-order valence-corrected chi connectivity index (χ3v) is 11.7. The Kier molecular flexibility index (Phi) is 14.4. The van der Waals surface area contributed by atoms with Crippen LogP contribution in [0, 0.1) is 22.0 Å². The van der Waals surface area contributed by atoms with Crippen molar-refractivity contribution in [1.29, 1.82) is 0 Å². The molecule has 5 aromatic rings. The van der Waals surface area contributed by atoms with Gasteiger partial charge in [0.2, 0.25) is 10.0 Å². The minimum Gasteiger partial charge on any atom is -0.445 e. The normalized spacial score (nSPS) is 13.6. The number of nitro groups is 1. The second-order valence-corrected chi connectivity index (χ2v) is 16.4. The van der Waals surface area contributed by atoms with Crippen molar-refractivity contribution in [2.45, 2.75) is 48.8 Å². The fourth-order valence-corrected chi connectivity index (χ4v) is 8.47. The average Bonchev–Trinajstić information content (AvgIpc) is 3.17. The number of nitrogens with zero attached hydrogens (tertiary/aromatic N) is 2. The lowest BCUT2D eigenvalue weighted by molar-refractivity contribution is -0.384. The molecular weight excluding hydrogens is 723 g/mol. The zero-order valence-corrected chi connectivity index (χ0v) is 31.9. The number of sulfonamides is 1. The monoisotopic (exact) mass is 767 g/mol. The minimum absolute atomic E-state index is 0.0734. The van der Waals surface area contributed by atoms with Gasteiger partial charge >= 0.3 is 6.09 Å². The van der Waals surface area contributed by atoms with Crippen LogP contribution in [-0.2, 0) is 27.8 Å². The lowest BCUT2D eigenvalue weighted by Crippen LogP contribution is -2.42. The van der Waals surface area contributed by atoms with Gasteiger partial charge in [0.25, 0.3) is 5.69 Å². The average molecular weight is 768 g/mol. The number of carbonyl (C=O) groups is 1. The molecule has 2 N–H and O–H groups in total. The van der Waals surface area contributed by atoms with Crippen LogP contribution in [0.3, 0.4) is 0 Å². The fourth-order valence-electron chi connectivity index (χ4n) is 5.91. The Balaban J connectivity index is 1.39. The molecule has 0 heterocycles. The molecule has 0 saturated carbocycles. The van der Waals surface area contributed by atoms with Gasteiger partial charge in [-0.1, -0.05) is 117 Å². The van der Waals surface area contributed by atoms with Crippen molar-refractivity contribution < 1.29 is 28.0 Å². The van der Waals surface area contributed by atoms with Crippen LogP contribution in [-0.4, -0.2) is 59.8 Å². The fraction of sp³-hybridized carbons (Fsp3) is 0.262. The van der Waals surface area contributed by atoms with E-state index in [1.54, 1.807) is 11.8 Å². The summed E-state index contributed by atoms with van der Waals surface area (Å²) in [6.45, 7) is 3.77. The van der Waals surface area contributed by atoms with E-state index in [-0.39, 0.29) is 36.2 Å². The Labute approximate surface area is 321 Å². The van der Waals surface area contributed by atoms with Crippen LogP contribution >= 0.6 is 11.8 Å². The molecule has 12 heteroatoms. The molecule has 0 fully saturated rings. The van der Waals surface area contributed by atoms with E-state index >= 15 is 0 Å². The number of nitrogens with one attached hydrogen (secondary N) is 1. The zero-order chi connectivity index (χ0) is 38.5. The summed E-state index contributed by atoms with van der Waals surface area (Å²) in [7, 11) is -4.12. The van der Waals surface area contributed by atoms with Crippen molar-refractivity contribution in [3.63, 3.8) is 0 Å². The number of ether oxygens (including phenoxy) is 1. The smallest absolute Gasteiger partial charge is 0.407 e. The van der Waals surface area contributed by atoms with E-state index in [4.69, 9.17) is 4.74 Å². The second-order valence-electron chi connectivity index (χ2n) is 13.4. The van der Waals surface area contributed by atoms with Gasteiger partial charge in [0.05, 0.1) is 22.0 Å². The van der Waals surface area contributed by atoms with E-state index in [2.05, 4.69) is 29.6 Å². The SMILES string of the molecule is CC(C)CN(C[C@H](O)[C@@H](/C=C/[C@@H](CSc1ccc2ccccc2c1)NC(=O)OCc1ccccc1)Cc1ccccc1)S(=O)(=O)c1ccc([N+](=O)[O-])cc1. The van der Waals surface area contributed by atoms with Crippen molar-refractivity contribution in [2.75, 3.05) is 18.8 Å². The van der Waals surface area contributed by atoms with Crippen LogP contribution in [0.4, 0.5) is 10.5 Å². The highest BCUT2D eigenvalue weighted by Crippen LogP contribution is 2.26. The van der Waals surface area contributed by atoms with Crippen LogP contribution in [0.5, 0.6) is 0 Å². The molecule has 5 aromatic carbocycles. The number of aliphatic hydroxyl groups excluding tert-OH is 1. The van der Waals surface area contributed by atoms with Crippen LogP contribution in [0.1, 0.15) is 25.0 Å². The van der Waals surface area contributed by atoms with E-state index in [1.165, 1.54) is 16.4 Å². The first-order valence-corrected chi connectivity index (χ1v) is 20.1. The summed E-state index contributed by atoms with van der Waals surface area (Å²) in [5.41, 5.74) is 1.58. The number of hydrogen-bond donors (Lipinski definition) is 2. The summed E-state index contributed by atoms with van der Waals surface area (Å²) in [5.74, 6) is -0.169. The summed E-state index contributed by atoms with van der Waals surface area (Å²) in [6, 6.07) is 37.5. The first kappa shape index (κ1) is 40.2. The van der Waals surface area contributed by atoms with Gasteiger partial charge < -0.3 is 15.2 Å². The number of benzene rings is 5. The van der Waals surface area contributed by atoms with Crippen molar-refractivity contribution in [2.24, 2.45) is 11.8 Å². The molecule has 0 radical (unpaired) electrons. The quantitative estimate of drug-likeness (QED) is 0.0394. The van der Waals surface area contributed by atoms with Crippen molar-refractivity contribution >= 4 is 44.3 Å². The molecule has 0 aliphatic rings. The molecule has 0 aromatic heterocycles. The van der Waals surface area contributed by atoms with Crippen molar-refractivity contribution in [3.05, 3.63) is 161 Å². The molecule has 0 spiro atoms. The van der Waals surface area contributed by atoms with Gasteiger partial charge in [-0.3, -0.25) is 10.1 Å². The molecule has 3 atom stereocenters. The molecule has 0 aliphatic carbocycles. The predicted octanol–water partition coefficient (Wildman–Crippen LogP) is 8.26. The summed E-state index contributed by atoms with van der Waals surface area (Å²) in [6.07, 6.45) is 2.34. The molecule has 1 amide bonds. The van der Waals surface area contributed by atoms with E-state index in [0.717, 1.165) is 38.9 Å². The maximum Gasteiger partial charge on any atom is 0.407 e. The van der Waals surface area contributed by atoms with Gasteiger partial charge in [0.15, 0.2) is 0 Å². The van der Waals surface area contributed by atoms with Gasteiger partial charge in [-0.2, -0.15) is 4.31 Å².